The highest BCUT2D eigenvalue weighted by Gasteiger charge is 2.51. The van der Waals surface area contributed by atoms with Crippen LogP contribution in [0.25, 0.3) is 11.1 Å². The molecule has 0 saturated carbocycles. The number of aliphatic hydroxyl groups excluding tert-OH is 1. The Morgan fingerprint density at radius 3 is 2.46 bits per heavy atom. The maximum atomic E-state index is 14.3. The Hall–Kier alpha value is -4.22. The highest BCUT2D eigenvalue weighted by atomic mass is 16.7. The number of anilines is 1. The predicted octanol–water partition coefficient (Wildman–Crippen LogP) is 4.61. The van der Waals surface area contributed by atoms with Crippen molar-refractivity contribution in [3.8, 4) is 11.1 Å². The lowest BCUT2D eigenvalue weighted by Gasteiger charge is -2.44. The number of amides is 2. The number of nitrogens with one attached hydrogen (secondary N) is 1. The molecular weight excluding hydrogens is 634 g/mol. The second-order valence-corrected chi connectivity index (χ2v) is 13.4. The van der Waals surface area contributed by atoms with Crippen molar-refractivity contribution in [3.05, 3.63) is 101 Å². The molecule has 2 fully saturated rings. The van der Waals surface area contributed by atoms with E-state index >= 15 is 0 Å². The molecule has 0 unspecified atom stereocenters. The molecule has 0 bridgehead atoms. The number of para-hydroxylation sites is 1. The number of likely N-dealkylation sites (tertiary alicyclic amines) is 1. The lowest BCUT2D eigenvalue weighted by atomic mass is 9.78. The number of benzene rings is 3. The zero-order valence-electron chi connectivity index (χ0n) is 28.7. The summed E-state index contributed by atoms with van der Waals surface area (Å²) in [6.45, 7) is 5.26. The van der Waals surface area contributed by atoms with Gasteiger partial charge in [-0.1, -0.05) is 60.7 Å². The molecule has 1 aliphatic carbocycles. The number of carbonyl (C=O) groups excluding carboxylic acids is 2. The van der Waals surface area contributed by atoms with E-state index in [9.17, 15) is 9.59 Å². The first-order chi connectivity index (χ1) is 24.5. The number of nitrogens with zero attached hydrogens (tertiary/aromatic N) is 2. The zero-order valence-corrected chi connectivity index (χ0v) is 28.7. The van der Waals surface area contributed by atoms with Gasteiger partial charge < -0.3 is 39.2 Å². The van der Waals surface area contributed by atoms with Crippen molar-refractivity contribution >= 4 is 17.5 Å². The highest BCUT2D eigenvalue weighted by molar-refractivity contribution is 5.95. The third-order valence-electron chi connectivity index (χ3n) is 10.7. The van der Waals surface area contributed by atoms with Crippen LogP contribution in [0.1, 0.15) is 48.8 Å². The minimum atomic E-state index is -0.690. The molecule has 3 aromatic rings. The molecule has 3 aliphatic heterocycles. The van der Waals surface area contributed by atoms with Crippen LogP contribution in [0.5, 0.6) is 0 Å². The van der Waals surface area contributed by atoms with Crippen LogP contribution in [-0.2, 0) is 35.0 Å². The molecule has 3 atom stereocenters. The predicted molar refractivity (Wildman–Crippen MR) is 189 cm³/mol. The monoisotopic (exact) mass is 681 g/mol. The van der Waals surface area contributed by atoms with Gasteiger partial charge in [-0.2, -0.15) is 0 Å². The summed E-state index contributed by atoms with van der Waals surface area (Å²) in [6.07, 6.45) is 3.90. The normalized spacial score (nSPS) is 22.2. The summed E-state index contributed by atoms with van der Waals surface area (Å²) >= 11 is 0. The topological polar surface area (TPSA) is 110 Å². The molecule has 2 N–H and O–H groups in total. The fraction of sp³-hybridized carbons (Fsp3) is 0.450. The minimum absolute atomic E-state index is 0.0157. The molecular formula is C40H47N3O7. The summed E-state index contributed by atoms with van der Waals surface area (Å²) in [7, 11) is 0. The fourth-order valence-electron chi connectivity index (χ4n) is 8.16. The maximum Gasteiger partial charge on any atom is 0.288 e. The number of piperidine rings is 1. The molecule has 3 aromatic carbocycles. The lowest BCUT2D eigenvalue weighted by Crippen LogP contribution is -2.57. The average molecular weight is 682 g/mol. The summed E-state index contributed by atoms with van der Waals surface area (Å²) < 4.78 is 24.1. The number of aliphatic hydroxyl groups is 1. The Morgan fingerprint density at radius 1 is 0.940 bits per heavy atom. The summed E-state index contributed by atoms with van der Waals surface area (Å²) in [5.41, 5.74) is 6.54. The molecule has 3 heterocycles. The van der Waals surface area contributed by atoms with Gasteiger partial charge in [-0.3, -0.25) is 9.59 Å². The Kier molecular flexibility index (Phi) is 10.5. The second kappa shape index (κ2) is 15.3. The molecule has 10 nitrogen and oxygen atoms in total. The van der Waals surface area contributed by atoms with Crippen molar-refractivity contribution < 1.29 is 33.6 Å². The van der Waals surface area contributed by atoms with Crippen LogP contribution in [0, 0.1) is 5.92 Å². The quantitative estimate of drug-likeness (QED) is 0.197. The smallest absolute Gasteiger partial charge is 0.288 e. The molecule has 1 spiro atoms. The molecule has 10 heteroatoms. The minimum Gasteiger partial charge on any atom is -0.459 e. The number of hydrogen-bond donors (Lipinski definition) is 2. The summed E-state index contributed by atoms with van der Waals surface area (Å²) in [6, 6.07) is 25.0. The summed E-state index contributed by atoms with van der Waals surface area (Å²) in [5, 5.41) is 12.0. The largest absolute Gasteiger partial charge is 0.459 e. The number of carbonyl (C=O) groups is 2. The Labute approximate surface area is 294 Å². The van der Waals surface area contributed by atoms with Crippen molar-refractivity contribution in [2.24, 2.45) is 5.92 Å². The van der Waals surface area contributed by atoms with E-state index in [0.29, 0.717) is 71.2 Å². The van der Waals surface area contributed by atoms with E-state index in [0.717, 1.165) is 12.1 Å². The van der Waals surface area contributed by atoms with Crippen LogP contribution >= 0.6 is 0 Å². The van der Waals surface area contributed by atoms with Gasteiger partial charge >= 0.3 is 0 Å². The maximum absolute atomic E-state index is 14.3. The van der Waals surface area contributed by atoms with Gasteiger partial charge in [0.05, 0.1) is 33.1 Å². The molecule has 50 heavy (non-hydrogen) atoms. The van der Waals surface area contributed by atoms with E-state index in [1.54, 1.807) is 0 Å². The van der Waals surface area contributed by atoms with Crippen LogP contribution in [-0.4, -0.2) is 93.0 Å². The molecule has 2 saturated heterocycles. The molecule has 264 valence electrons. The van der Waals surface area contributed by atoms with E-state index in [1.807, 2.05) is 48.2 Å². The first-order valence-electron chi connectivity index (χ1n) is 17.9. The van der Waals surface area contributed by atoms with Gasteiger partial charge in [0.2, 0.25) is 12.2 Å². The van der Waals surface area contributed by atoms with Crippen LogP contribution in [0.15, 0.2) is 84.6 Å². The Bertz CT molecular complexity index is 1690. The van der Waals surface area contributed by atoms with E-state index in [1.165, 1.54) is 27.8 Å². The lowest BCUT2D eigenvalue weighted by molar-refractivity contribution is -0.172. The number of allylic oxidation sites excluding steroid dienone is 1. The van der Waals surface area contributed by atoms with Crippen molar-refractivity contribution in [1.82, 2.24) is 10.2 Å². The SMILES string of the molecule is CCO[C@H]1OC(C(=O)N2CCC3(CC2)C(=O)NCN3c2ccccc2)=C[C@@H](c2cccc3c2Cc2ccccc2-3)[C@@H]1CCOCCOCCO. The van der Waals surface area contributed by atoms with E-state index in [4.69, 9.17) is 24.1 Å². The number of fused-ring (bicyclic) bond motifs is 3. The van der Waals surface area contributed by atoms with Crippen LogP contribution in [0.4, 0.5) is 5.69 Å². The van der Waals surface area contributed by atoms with Gasteiger partial charge in [0.1, 0.15) is 5.54 Å². The average Bonchev–Trinajstić information content (AvgIpc) is 3.69. The van der Waals surface area contributed by atoms with Gasteiger partial charge in [0.25, 0.3) is 5.91 Å². The van der Waals surface area contributed by atoms with Gasteiger partial charge in [0, 0.05) is 43.8 Å². The third kappa shape index (κ3) is 6.65. The number of ether oxygens (including phenoxy) is 4. The standard InChI is InChI=1S/C40H47N3O7/c1-2-49-38-33(15-21-47-23-24-48-22-20-44)35(32-14-8-13-31-30-12-7-6-9-28(30)25-34(31)32)26-36(50-38)37(45)42-18-16-40(17-19-42)39(46)41-27-43(40)29-10-4-3-5-11-29/h3-14,26,33,35,38,44H,2,15-25,27H2,1H3,(H,41,46)/t33-,35-,38-/m0/s1. The number of hydrogen-bond acceptors (Lipinski definition) is 8. The van der Waals surface area contributed by atoms with Gasteiger partial charge in [-0.25, -0.2) is 0 Å². The molecule has 2 amide bonds. The van der Waals surface area contributed by atoms with Gasteiger partial charge in [-0.05, 0) is 78.6 Å². The Morgan fingerprint density at radius 2 is 1.68 bits per heavy atom. The van der Waals surface area contributed by atoms with Crippen molar-refractivity contribution in [2.45, 2.75) is 50.4 Å². The first-order valence-corrected chi connectivity index (χ1v) is 17.9. The van der Waals surface area contributed by atoms with Crippen LogP contribution < -0.4 is 10.2 Å². The highest BCUT2D eigenvalue weighted by Crippen LogP contribution is 2.46. The zero-order chi connectivity index (χ0) is 34.5. The van der Waals surface area contributed by atoms with E-state index < -0.39 is 11.8 Å². The van der Waals surface area contributed by atoms with E-state index in [-0.39, 0.29) is 36.9 Å². The van der Waals surface area contributed by atoms with E-state index in [2.05, 4.69) is 52.7 Å². The fourth-order valence-corrected chi connectivity index (χ4v) is 8.16. The number of rotatable bonds is 13. The molecule has 7 rings (SSSR count). The summed E-state index contributed by atoms with van der Waals surface area (Å²) in [5.74, 6) is -0.120. The molecule has 4 aliphatic rings. The third-order valence-corrected chi connectivity index (χ3v) is 10.7. The summed E-state index contributed by atoms with van der Waals surface area (Å²) in [4.78, 5) is 31.6. The second-order valence-electron chi connectivity index (χ2n) is 13.4. The Balaban J connectivity index is 1.15. The van der Waals surface area contributed by atoms with Gasteiger partial charge in [-0.15, -0.1) is 0 Å². The van der Waals surface area contributed by atoms with Gasteiger partial charge in [0.15, 0.2) is 5.76 Å². The van der Waals surface area contributed by atoms with Crippen molar-refractivity contribution in [1.29, 1.82) is 0 Å². The first kappa shape index (κ1) is 34.2. The molecule has 0 radical (unpaired) electrons. The van der Waals surface area contributed by atoms with Crippen LogP contribution in [0.3, 0.4) is 0 Å². The molecule has 0 aromatic heterocycles. The van der Waals surface area contributed by atoms with Crippen molar-refractivity contribution in [3.63, 3.8) is 0 Å². The van der Waals surface area contributed by atoms with Crippen LogP contribution in [0.2, 0.25) is 0 Å². The van der Waals surface area contributed by atoms with Crippen molar-refractivity contribution in [2.75, 3.05) is 64.3 Å².